The molecule has 0 bridgehead atoms. The van der Waals surface area contributed by atoms with Gasteiger partial charge in [-0.25, -0.2) is 0 Å². The summed E-state index contributed by atoms with van der Waals surface area (Å²) < 4.78 is 0. The lowest BCUT2D eigenvalue weighted by Gasteiger charge is -2.35. The Balaban J connectivity index is 2.02. The Morgan fingerprint density at radius 3 is 2.14 bits per heavy atom. The van der Waals surface area contributed by atoms with E-state index in [9.17, 15) is 0 Å². The third kappa shape index (κ3) is 5.24. The number of hydrogen-bond acceptors (Lipinski definition) is 1. The van der Waals surface area contributed by atoms with Crippen molar-refractivity contribution >= 4 is 28.7 Å². The van der Waals surface area contributed by atoms with Crippen LogP contribution < -0.4 is 4.90 Å². The zero-order valence-electron chi connectivity index (χ0n) is 17.6. The quantitative estimate of drug-likeness (QED) is 0.392. The Bertz CT molecular complexity index is 922. The molecule has 0 saturated carbocycles. The fraction of sp³-hybridized carbons (Fsp3) is 0.269. The van der Waals surface area contributed by atoms with Crippen LogP contribution in [0, 0.1) is 13.8 Å². The van der Waals surface area contributed by atoms with Crippen molar-refractivity contribution in [2.75, 3.05) is 11.4 Å². The minimum Gasteiger partial charge on any atom is -0.344 e. The van der Waals surface area contributed by atoms with Crippen molar-refractivity contribution in [2.45, 2.75) is 40.2 Å². The molecule has 2 nitrogen and oxygen atoms in total. The molecule has 29 heavy (non-hydrogen) atoms. The number of anilines is 2. The van der Waals surface area contributed by atoms with Gasteiger partial charge < -0.3 is 4.90 Å². The van der Waals surface area contributed by atoms with Gasteiger partial charge in [-0.1, -0.05) is 74.0 Å². The maximum atomic E-state index is 6.13. The average molecular weight is 403 g/mol. The highest BCUT2D eigenvalue weighted by atomic mass is 32.1. The molecule has 0 aliphatic rings. The van der Waals surface area contributed by atoms with Crippen molar-refractivity contribution in [1.82, 2.24) is 4.90 Å². The van der Waals surface area contributed by atoms with E-state index in [-0.39, 0.29) is 0 Å². The Kier molecular flexibility index (Phi) is 7.42. The van der Waals surface area contributed by atoms with Gasteiger partial charge in [-0.3, -0.25) is 4.90 Å². The number of benzene rings is 3. The number of thiocarbonyl (C=S) groups is 1. The molecule has 3 heteroatoms. The highest BCUT2D eigenvalue weighted by Crippen LogP contribution is 2.31. The number of nitrogens with zero attached hydrogens (tertiary/aromatic N) is 2. The highest BCUT2D eigenvalue weighted by molar-refractivity contribution is 7.80. The number of aryl methyl sites for hydroxylation is 1. The van der Waals surface area contributed by atoms with Crippen LogP contribution in [-0.2, 0) is 6.54 Å². The normalized spacial score (nSPS) is 10.6. The van der Waals surface area contributed by atoms with Gasteiger partial charge in [0.15, 0.2) is 5.11 Å². The van der Waals surface area contributed by atoms with Crippen molar-refractivity contribution in [2.24, 2.45) is 0 Å². The summed E-state index contributed by atoms with van der Waals surface area (Å²) in [6.07, 6.45) is 2.26. The molecule has 0 fully saturated rings. The molecule has 0 amide bonds. The van der Waals surface area contributed by atoms with E-state index in [2.05, 4.69) is 103 Å². The second-order valence-electron chi connectivity index (χ2n) is 7.43. The zero-order chi connectivity index (χ0) is 20.6. The predicted octanol–water partition coefficient (Wildman–Crippen LogP) is 7.03. The van der Waals surface area contributed by atoms with Crippen LogP contribution in [0.4, 0.5) is 11.4 Å². The second-order valence-corrected chi connectivity index (χ2v) is 7.80. The molecule has 150 valence electrons. The molecule has 0 aromatic heterocycles. The van der Waals surface area contributed by atoms with E-state index in [1.807, 2.05) is 6.07 Å². The molecule has 0 spiro atoms. The van der Waals surface area contributed by atoms with Crippen LogP contribution in [0.15, 0.2) is 78.9 Å². The van der Waals surface area contributed by atoms with Crippen LogP contribution in [0.5, 0.6) is 0 Å². The molecule has 0 radical (unpaired) electrons. The molecule has 3 rings (SSSR count). The summed E-state index contributed by atoms with van der Waals surface area (Å²) in [5, 5.41) is 0.849. The third-order valence-electron chi connectivity index (χ3n) is 5.29. The Labute approximate surface area is 180 Å². The minimum atomic E-state index is 0.813. The molecular formula is C26H30N2S. The molecule has 0 heterocycles. The number of rotatable bonds is 7. The summed E-state index contributed by atoms with van der Waals surface area (Å²) in [5.74, 6) is 0. The number of para-hydroxylation sites is 1. The molecule has 0 saturated heterocycles. The first-order chi connectivity index (χ1) is 14.1. The average Bonchev–Trinajstić information content (AvgIpc) is 2.75. The summed E-state index contributed by atoms with van der Waals surface area (Å²) in [7, 11) is 0. The Morgan fingerprint density at radius 1 is 0.828 bits per heavy atom. The fourth-order valence-corrected chi connectivity index (χ4v) is 3.80. The lowest BCUT2D eigenvalue weighted by Crippen LogP contribution is -2.41. The van der Waals surface area contributed by atoms with Crippen LogP contribution in [0.25, 0.3) is 0 Å². The largest absolute Gasteiger partial charge is 0.344 e. The summed E-state index contributed by atoms with van der Waals surface area (Å²) >= 11 is 6.13. The second kappa shape index (κ2) is 10.2. The van der Waals surface area contributed by atoms with Crippen molar-refractivity contribution in [3.05, 3.63) is 95.6 Å². The molecule has 0 unspecified atom stereocenters. The van der Waals surface area contributed by atoms with Gasteiger partial charge in [0.1, 0.15) is 0 Å². The van der Waals surface area contributed by atoms with E-state index >= 15 is 0 Å². The van der Waals surface area contributed by atoms with Gasteiger partial charge >= 0.3 is 0 Å². The van der Waals surface area contributed by atoms with Gasteiger partial charge in [0, 0.05) is 18.8 Å². The Morgan fingerprint density at radius 2 is 1.48 bits per heavy atom. The van der Waals surface area contributed by atoms with Crippen LogP contribution in [0.3, 0.4) is 0 Å². The topological polar surface area (TPSA) is 6.48 Å². The van der Waals surface area contributed by atoms with Crippen LogP contribution in [0.1, 0.15) is 36.5 Å². The first kappa shape index (κ1) is 21.1. The monoisotopic (exact) mass is 402 g/mol. The van der Waals surface area contributed by atoms with Crippen LogP contribution >= 0.6 is 12.2 Å². The van der Waals surface area contributed by atoms with Crippen molar-refractivity contribution in [3.63, 3.8) is 0 Å². The maximum Gasteiger partial charge on any atom is 0.181 e. The molecular weight excluding hydrogens is 372 g/mol. The first-order valence-corrected chi connectivity index (χ1v) is 10.8. The molecule has 0 N–H and O–H groups in total. The third-order valence-corrected chi connectivity index (χ3v) is 5.73. The molecule has 3 aromatic carbocycles. The van der Waals surface area contributed by atoms with Gasteiger partial charge in [-0.05, 0) is 67.4 Å². The Hall–Kier alpha value is -2.65. The van der Waals surface area contributed by atoms with Crippen molar-refractivity contribution in [3.8, 4) is 0 Å². The summed E-state index contributed by atoms with van der Waals surface area (Å²) in [5.41, 5.74) is 6.06. The minimum absolute atomic E-state index is 0.813. The summed E-state index contributed by atoms with van der Waals surface area (Å²) in [6.45, 7) is 8.32. The summed E-state index contributed by atoms with van der Waals surface area (Å²) in [4.78, 5) is 4.57. The van der Waals surface area contributed by atoms with Crippen molar-refractivity contribution < 1.29 is 0 Å². The van der Waals surface area contributed by atoms with Crippen LogP contribution in [0.2, 0.25) is 0 Å². The molecule has 3 aromatic rings. The van der Waals surface area contributed by atoms with E-state index in [0.717, 1.165) is 42.4 Å². The smallest absolute Gasteiger partial charge is 0.181 e. The van der Waals surface area contributed by atoms with E-state index in [0.29, 0.717) is 0 Å². The lowest BCUT2D eigenvalue weighted by molar-refractivity contribution is 0.404. The van der Waals surface area contributed by atoms with E-state index < -0.39 is 0 Å². The summed E-state index contributed by atoms with van der Waals surface area (Å²) in [6, 6.07) is 27.5. The van der Waals surface area contributed by atoms with Gasteiger partial charge in [0.2, 0.25) is 0 Å². The van der Waals surface area contributed by atoms with Gasteiger partial charge in [-0.15, -0.1) is 0 Å². The van der Waals surface area contributed by atoms with E-state index in [1.54, 1.807) is 0 Å². The van der Waals surface area contributed by atoms with E-state index in [4.69, 9.17) is 12.2 Å². The lowest BCUT2D eigenvalue weighted by atomic mass is 10.1. The van der Waals surface area contributed by atoms with Gasteiger partial charge in [-0.2, -0.15) is 0 Å². The first-order valence-electron chi connectivity index (χ1n) is 10.4. The molecule has 0 atom stereocenters. The molecule has 0 aliphatic heterocycles. The fourth-order valence-electron chi connectivity index (χ4n) is 3.44. The number of unbranched alkanes of at least 4 members (excludes halogenated alkanes) is 1. The predicted molar refractivity (Wildman–Crippen MR) is 129 cm³/mol. The van der Waals surface area contributed by atoms with Gasteiger partial charge in [0.25, 0.3) is 0 Å². The van der Waals surface area contributed by atoms with E-state index in [1.165, 1.54) is 16.7 Å². The molecule has 0 aliphatic carbocycles. The van der Waals surface area contributed by atoms with Crippen LogP contribution in [-0.4, -0.2) is 16.6 Å². The SMILES string of the molecule is CCCCN(Cc1ccccc1)C(=S)N(c1ccccc1)c1cccc(C)c1C. The van der Waals surface area contributed by atoms with Crippen molar-refractivity contribution in [1.29, 1.82) is 0 Å². The maximum absolute atomic E-state index is 6.13. The zero-order valence-corrected chi connectivity index (χ0v) is 18.5. The standard InChI is InChI=1S/C26H30N2S/c1-4-5-19-27(20-23-14-8-6-9-15-23)26(29)28(24-16-10-7-11-17-24)25-18-12-13-21(2)22(25)3/h6-18H,4-5,19-20H2,1-3H3. The number of hydrogen-bond donors (Lipinski definition) is 0. The highest BCUT2D eigenvalue weighted by Gasteiger charge is 2.22. The van der Waals surface area contributed by atoms with Gasteiger partial charge in [0.05, 0.1) is 5.69 Å².